The number of hydrogen-bond acceptors (Lipinski definition) is 6. The lowest BCUT2D eigenvalue weighted by atomic mass is 9.82. The van der Waals surface area contributed by atoms with Crippen molar-refractivity contribution in [3.63, 3.8) is 0 Å². The molecule has 4 rings (SSSR count). The summed E-state index contributed by atoms with van der Waals surface area (Å²) in [7, 11) is -0.492. The van der Waals surface area contributed by atoms with Gasteiger partial charge in [-0.05, 0) is 67.9 Å². The molecule has 2 atom stereocenters. The van der Waals surface area contributed by atoms with Crippen LogP contribution in [-0.4, -0.2) is 68.9 Å². The van der Waals surface area contributed by atoms with Crippen molar-refractivity contribution in [3.8, 4) is 0 Å². The second kappa shape index (κ2) is 11.1. The predicted molar refractivity (Wildman–Crippen MR) is 129 cm³/mol. The Morgan fingerprint density at radius 2 is 1.94 bits per heavy atom. The maximum Gasteiger partial charge on any atom is 0.279 e. The molecule has 2 heterocycles. The number of anilines is 1. The van der Waals surface area contributed by atoms with E-state index in [0.717, 1.165) is 37.1 Å². The van der Waals surface area contributed by atoms with Gasteiger partial charge in [-0.25, -0.2) is 4.39 Å². The second-order valence-corrected chi connectivity index (χ2v) is 11.4. The van der Waals surface area contributed by atoms with Gasteiger partial charge < -0.3 is 9.64 Å². The first-order valence-corrected chi connectivity index (χ1v) is 13.4. The molecule has 0 amide bonds. The minimum absolute atomic E-state index is 0.0218. The Morgan fingerprint density at radius 3 is 2.62 bits per heavy atom. The van der Waals surface area contributed by atoms with Gasteiger partial charge in [-0.3, -0.25) is 0 Å². The first-order chi connectivity index (χ1) is 16.3. The average molecular weight is 492 g/mol. The summed E-state index contributed by atoms with van der Waals surface area (Å²) in [5.41, 5.74) is 1.06. The summed E-state index contributed by atoms with van der Waals surface area (Å²) in [6, 6.07) is 10.4. The number of aromatic nitrogens is 2. The van der Waals surface area contributed by atoms with E-state index in [1.165, 1.54) is 24.5 Å². The van der Waals surface area contributed by atoms with E-state index in [2.05, 4.69) is 19.8 Å². The van der Waals surface area contributed by atoms with Crippen LogP contribution in [0.2, 0.25) is 0 Å². The smallest absolute Gasteiger partial charge is 0.279 e. The molecule has 186 valence electrons. The molecule has 0 radical (unpaired) electrons. The quantitative estimate of drug-likeness (QED) is 0.611. The molecule has 1 aromatic heterocycles. The van der Waals surface area contributed by atoms with Crippen LogP contribution in [0.5, 0.6) is 0 Å². The highest BCUT2D eigenvalue weighted by Crippen LogP contribution is 2.35. The largest absolute Gasteiger partial charge is 0.378 e. The summed E-state index contributed by atoms with van der Waals surface area (Å²) in [6.07, 6.45) is 6.17. The van der Waals surface area contributed by atoms with E-state index in [4.69, 9.17) is 4.74 Å². The van der Waals surface area contributed by atoms with E-state index in [0.29, 0.717) is 32.0 Å². The number of ether oxygens (including phenoxy) is 1. The van der Waals surface area contributed by atoms with E-state index in [1.807, 2.05) is 18.2 Å². The van der Waals surface area contributed by atoms with E-state index >= 15 is 0 Å². The standard InChI is InChI=1S/C24H34FN5O3S/c1-29(2)34(31,32)28-23-12-14-30(24-7-4-13-26-27-24)16-20(23)17-33-22-10-8-18(9-11-22)19-5-3-6-21(25)15-19/h3-7,13,15,18,20,22-23,28H,8-12,14,16-17H2,1-2H3/t18?,20-,22?,23-/m0/s1. The van der Waals surface area contributed by atoms with Gasteiger partial charge in [0.2, 0.25) is 0 Å². The lowest BCUT2D eigenvalue weighted by molar-refractivity contribution is -0.00224. The fraction of sp³-hybridized carbons (Fsp3) is 0.583. The van der Waals surface area contributed by atoms with Crippen molar-refractivity contribution in [1.82, 2.24) is 19.2 Å². The van der Waals surface area contributed by atoms with Gasteiger partial charge in [-0.1, -0.05) is 12.1 Å². The number of hydrogen-bond donors (Lipinski definition) is 1. The lowest BCUT2D eigenvalue weighted by Gasteiger charge is -2.40. The van der Waals surface area contributed by atoms with Crippen LogP contribution in [-0.2, 0) is 14.9 Å². The summed E-state index contributed by atoms with van der Waals surface area (Å²) in [6.45, 7) is 1.79. The molecular formula is C24H34FN5O3S. The summed E-state index contributed by atoms with van der Waals surface area (Å²) in [4.78, 5) is 2.14. The van der Waals surface area contributed by atoms with Crippen LogP contribution in [0.15, 0.2) is 42.6 Å². The van der Waals surface area contributed by atoms with Crippen LogP contribution in [0, 0.1) is 11.7 Å². The highest BCUT2D eigenvalue weighted by Gasteiger charge is 2.34. The van der Waals surface area contributed by atoms with E-state index in [-0.39, 0.29) is 23.9 Å². The number of rotatable bonds is 8. The van der Waals surface area contributed by atoms with Gasteiger partial charge in [-0.15, -0.1) is 5.10 Å². The third-order valence-corrected chi connectivity index (χ3v) is 8.50. The predicted octanol–water partition coefficient (Wildman–Crippen LogP) is 2.95. The number of nitrogens with zero attached hydrogens (tertiary/aromatic N) is 4. The first-order valence-electron chi connectivity index (χ1n) is 11.9. The monoisotopic (exact) mass is 491 g/mol. The fourth-order valence-corrected chi connectivity index (χ4v) is 5.81. The van der Waals surface area contributed by atoms with Gasteiger partial charge in [-0.2, -0.15) is 22.5 Å². The van der Waals surface area contributed by atoms with Crippen molar-refractivity contribution in [2.45, 2.75) is 50.2 Å². The van der Waals surface area contributed by atoms with Gasteiger partial charge in [0.05, 0.1) is 12.7 Å². The number of benzene rings is 1. The number of nitrogens with one attached hydrogen (secondary N) is 1. The van der Waals surface area contributed by atoms with Crippen LogP contribution >= 0.6 is 0 Å². The van der Waals surface area contributed by atoms with E-state index in [1.54, 1.807) is 18.3 Å². The highest BCUT2D eigenvalue weighted by molar-refractivity contribution is 7.87. The third-order valence-electron chi connectivity index (χ3n) is 6.94. The van der Waals surface area contributed by atoms with Crippen LogP contribution in [0.1, 0.15) is 43.6 Å². The zero-order chi connectivity index (χ0) is 24.1. The van der Waals surface area contributed by atoms with Crippen LogP contribution in [0.25, 0.3) is 0 Å². The van der Waals surface area contributed by atoms with Crippen LogP contribution in [0.4, 0.5) is 10.2 Å². The Kier molecular flexibility index (Phi) is 8.13. The summed E-state index contributed by atoms with van der Waals surface area (Å²) < 4.78 is 49.0. The highest BCUT2D eigenvalue weighted by atomic mass is 32.2. The molecule has 2 aliphatic rings. The minimum atomic E-state index is -3.55. The Balaban J connectivity index is 1.37. The third kappa shape index (κ3) is 6.29. The van der Waals surface area contributed by atoms with Crippen LogP contribution < -0.4 is 9.62 Å². The molecule has 0 unspecified atom stereocenters. The minimum Gasteiger partial charge on any atom is -0.378 e. The second-order valence-electron chi connectivity index (χ2n) is 9.45. The Labute approximate surface area is 201 Å². The molecule has 2 aromatic rings. The topological polar surface area (TPSA) is 87.7 Å². The Morgan fingerprint density at radius 1 is 1.15 bits per heavy atom. The molecule has 34 heavy (non-hydrogen) atoms. The van der Waals surface area contributed by atoms with Gasteiger partial charge in [0.1, 0.15) is 5.82 Å². The van der Waals surface area contributed by atoms with E-state index < -0.39 is 10.2 Å². The maximum atomic E-state index is 13.6. The van der Waals surface area contributed by atoms with Crippen LogP contribution in [0.3, 0.4) is 0 Å². The van der Waals surface area contributed by atoms with Gasteiger partial charge in [0.25, 0.3) is 10.2 Å². The first kappa shape index (κ1) is 25.0. The molecule has 1 aromatic carbocycles. The molecule has 2 fully saturated rings. The molecule has 8 nitrogen and oxygen atoms in total. The number of piperidine rings is 1. The van der Waals surface area contributed by atoms with Crippen molar-refractivity contribution < 1.29 is 17.5 Å². The van der Waals surface area contributed by atoms with Crippen molar-refractivity contribution in [1.29, 1.82) is 0 Å². The zero-order valence-corrected chi connectivity index (χ0v) is 20.6. The molecule has 1 aliphatic heterocycles. The van der Waals surface area contributed by atoms with Gasteiger partial charge >= 0.3 is 0 Å². The Hall–Kier alpha value is -2.14. The van der Waals surface area contributed by atoms with Crippen molar-refractivity contribution in [2.24, 2.45) is 5.92 Å². The molecule has 0 bridgehead atoms. The summed E-state index contributed by atoms with van der Waals surface area (Å²) in [5, 5.41) is 8.20. The molecule has 1 saturated carbocycles. The fourth-order valence-electron chi connectivity index (χ4n) is 4.91. The molecule has 0 spiro atoms. The molecule has 10 heteroatoms. The normalized spacial score (nSPS) is 26.1. The summed E-state index contributed by atoms with van der Waals surface area (Å²) >= 11 is 0. The van der Waals surface area contributed by atoms with Crippen molar-refractivity contribution in [3.05, 3.63) is 54.0 Å². The average Bonchev–Trinajstić information content (AvgIpc) is 2.84. The van der Waals surface area contributed by atoms with E-state index in [9.17, 15) is 12.8 Å². The van der Waals surface area contributed by atoms with Gasteiger partial charge in [0.15, 0.2) is 5.82 Å². The molecule has 1 saturated heterocycles. The number of halogens is 1. The zero-order valence-electron chi connectivity index (χ0n) is 19.8. The molecule has 1 N–H and O–H groups in total. The Bertz CT molecular complexity index is 1030. The maximum absolute atomic E-state index is 13.6. The molecular weight excluding hydrogens is 457 g/mol. The van der Waals surface area contributed by atoms with Gasteiger partial charge in [0, 0.05) is 45.3 Å². The lowest BCUT2D eigenvalue weighted by Crippen LogP contribution is -2.54. The van der Waals surface area contributed by atoms with Crippen molar-refractivity contribution in [2.75, 3.05) is 38.7 Å². The van der Waals surface area contributed by atoms with Crippen molar-refractivity contribution >= 4 is 16.0 Å². The SMILES string of the molecule is CN(C)S(=O)(=O)N[C@H]1CCN(c2cccnn2)C[C@H]1COC1CCC(c2cccc(F)c2)CC1. The molecule has 1 aliphatic carbocycles. The summed E-state index contributed by atoms with van der Waals surface area (Å²) in [5.74, 6) is 0.938.